The van der Waals surface area contributed by atoms with Gasteiger partial charge in [-0.15, -0.1) is 0 Å². The van der Waals surface area contributed by atoms with Gasteiger partial charge in [-0.05, 0) is 26.8 Å². The van der Waals surface area contributed by atoms with E-state index in [1.807, 2.05) is 20.8 Å². The number of nitrogens with zero attached hydrogens (tertiary/aromatic N) is 4. The molecule has 1 aliphatic heterocycles. The number of halogens is 1. The predicted octanol–water partition coefficient (Wildman–Crippen LogP) is 2.70. The number of pyridine rings is 1. The van der Waals surface area contributed by atoms with Crippen LogP contribution in [0.25, 0.3) is 0 Å². The van der Waals surface area contributed by atoms with Gasteiger partial charge in [0.2, 0.25) is 11.8 Å². The Kier molecular flexibility index (Phi) is 5.78. The number of ether oxygens (including phenoxy) is 1. The maximum atomic E-state index is 12.8. The highest BCUT2D eigenvalue weighted by Gasteiger charge is 2.26. The largest absolute Gasteiger partial charge is 0.478 e. The molecular weight excluding hydrogens is 356 g/mol. The number of oxazole rings is 1. The summed E-state index contributed by atoms with van der Waals surface area (Å²) in [6.07, 6.45) is 0. The zero-order valence-electron chi connectivity index (χ0n) is 15.3. The molecular formula is C18H23ClN4O3. The minimum absolute atomic E-state index is 0.168. The van der Waals surface area contributed by atoms with Crippen LogP contribution >= 0.6 is 11.6 Å². The average molecular weight is 379 g/mol. The first kappa shape index (κ1) is 18.7. The maximum absolute atomic E-state index is 12.8. The molecule has 0 saturated carbocycles. The van der Waals surface area contributed by atoms with Crippen LogP contribution in [-0.4, -0.2) is 58.5 Å². The average Bonchev–Trinajstić information content (AvgIpc) is 2.94. The number of aryl methyl sites for hydroxylation is 2. The standard InChI is InChI=1S/C18H23ClN4O3/c1-4-25-15-6-5-14(19)17(21-15)18(24)23-9-7-22(8-10-23)11-16-20-12(2)13(3)26-16/h5-6H,4,7-11H2,1-3H3. The molecule has 1 saturated heterocycles. The van der Waals surface area contributed by atoms with Crippen LogP contribution in [0.5, 0.6) is 5.88 Å². The van der Waals surface area contributed by atoms with E-state index in [0.717, 1.165) is 24.5 Å². The van der Waals surface area contributed by atoms with Crippen molar-refractivity contribution in [2.45, 2.75) is 27.3 Å². The van der Waals surface area contributed by atoms with Crippen molar-refractivity contribution < 1.29 is 13.9 Å². The molecule has 8 heteroatoms. The Bertz CT molecular complexity index is 765. The van der Waals surface area contributed by atoms with Gasteiger partial charge in [-0.25, -0.2) is 9.97 Å². The van der Waals surface area contributed by atoms with Crippen LogP contribution < -0.4 is 4.74 Å². The molecule has 3 heterocycles. The van der Waals surface area contributed by atoms with Gasteiger partial charge >= 0.3 is 0 Å². The first-order valence-corrected chi connectivity index (χ1v) is 9.09. The van der Waals surface area contributed by atoms with Crippen LogP contribution in [0.4, 0.5) is 0 Å². The molecule has 0 aliphatic carbocycles. The maximum Gasteiger partial charge on any atom is 0.274 e. The Labute approximate surface area is 157 Å². The number of hydrogen-bond acceptors (Lipinski definition) is 6. The molecule has 26 heavy (non-hydrogen) atoms. The van der Waals surface area contributed by atoms with Crippen molar-refractivity contribution >= 4 is 17.5 Å². The molecule has 0 N–H and O–H groups in total. The number of rotatable bonds is 5. The molecule has 1 amide bonds. The monoisotopic (exact) mass is 378 g/mol. The highest BCUT2D eigenvalue weighted by Crippen LogP contribution is 2.21. The fraction of sp³-hybridized carbons (Fsp3) is 0.500. The molecule has 1 aliphatic rings. The summed E-state index contributed by atoms with van der Waals surface area (Å²) in [5.74, 6) is 1.81. The zero-order chi connectivity index (χ0) is 18.7. The summed E-state index contributed by atoms with van der Waals surface area (Å²) in [6.45, 7) is 9.55. The molecule has 0 aromatic carbocycles. The molecule has 0 radical (unpaired) electrons. The lowest BCUT2D eigenvalue weighted by Crippen LogP contribution is -2.48. The van der Waals surface area contributed by atoms with E-state index < -0.39 is 0 Å². The van der Waals surface area contributed by atoms with Crippen LogP contribution in [-0.2, 0) is 6.54 Å². The van der Waals surface area contributed by atoms with E-state index in [2.05, 4.69) is 14.9 Å². The second-order valence-corrected chi connectivity index (χ2v) is 6.64. The Morgan fingerprint density at radius 2 is 1.96 bits per heavy atom. The van der Waals surface area contributed by atoms with Crippen LogP contribution in [0.1, 0.15) is 34.8 Å². The van der Waals surface area contributed by atoms with Gasteiger partial charge in [0.1, 0.15) is 5.76 Å². The number of hydrogen-bond donors (Lipinski definition) is 0. The van der Waals surface area contributed by atoms with Gasteiger partial charge in [0, 0.05) is 32.2 Å². The molecule has 0 spiro atoms. The van der Waals surface area contributed by atoms with Gasteiger partial charge in [0.15, 0.2) is 5.69 Å². The molecule has 1 fully saturated rings. The number of carbonyl (C=O) groups is 1. The Balaban J connectivity index is 1.60. The molecule has 3 rings (SSSR count). The summed E-state index contributed by atoms with van der Waals surface area (Å²) in [7, 11) is 0. The summed E-state index contributed by atoms with van der Waals surface area (Å²) < 4.78 is 11.0. The predicted molar refractivity (Wildman–Crippen MR) is 97.6 cm³/mol. The van der Waals surface area contributed by atoms with Gasteiger partial charge in [0.25, 0.3) is 5.91 Å². The third-order valence-corrected chi connectivity index (χ3v) is 4.71. The van der Waals surface area contributed by atoms with Crippen molar-refractivity contribution in [2.24, 2.45) is 0 Å². The van der Waals surface area contributed by atoms with Gasteiger partial charge in [-0.1, -0.05) is 11.6 Å². The van der Waals surface area contributed by atoms with Gasteiger partial charge in [0.05, 0.1) is 23.9 Å². The summed E-state index contributed by atoms with van der Waals surface area (Å²) in [6, 6.07) is 3.32. The van der Waals surface area contributed by atoms with Gasteiger partial charge in [-0.2, -0.15) is 0 Å². The van der Waals surface area contributed by atoms with Crippen LogP contribution in [0, 0.1) is 13.8 Å². The van der Waals surface area contributed by atoms with E-state index in [-0.39, 0.29) is 11.6 Å². The van der Waals surface area contributed by atoms with E-state index in [1.165, 1.54) is 0 Å². The zero-order valence-corrected chi connectivity index (χ0v) is 16.0. The summed E-state index contributed by atoms with van der Waals surface area (Å²) >= 11 is 6.17. The fourth-order valence-corrected chi connectivity index (χ4v) is 3.05. The smallest absolute Gasteiger partial charge is 0.274 e. The second-order valence-electron chi connectivity index (χ2n) is 6.23. The van der Waals surface area contributed by atoms with E-state index in [1.54, 1.807) is 17.0 Å². The lowest BCUT2D eigenvalue weighted by Gasteiger charge is -2.34. The third-order valence-electron chi connectivity index (χ3n) is 4.41. The molecule has 0 atom stereocenters. The van der Waals surface area contributed by atoms with E-state index in [4.69, 9.17) is 20.8 Å². The topological polar surface area (TPSA) is 71.7 Å². The minimum Gasteiger partial charge on any atom is -0.478 e. The molecule has 7 nitrogen and oxygen atoms in total. The quantitative estimate of drug-likeness (QED) is 0.796. The van der Waals surface area contributed by atoms with Crippen LogP contribution in [0.3, 0.4) is 0 Å². The normalized spacial score (nSPS) is 15.3. The number of aromatic nitrogens is 2. The SMILES string of the molecule is CCOc1ccc(Cl)c(C(=O)N2CCN(Cc3nc(C)c(C)o3)CC2)n1. The highest BCUT2D eigenvalue weighted by molar-refractivity contribution is 6.33. The first-order chi connectivity index (χ1) is 12.5. The van der Waals surface area contributed by atoms with Crippen molar-refractivity contribution in [3.63, 3.8) is 0 Å². The lowest BCUT2D eigenvalue weighted by molar-refractivity contribution is 0.0611. The van der Waals surface area contributed by atoms with Crippen LogP contribution in [0.15, 0.2) is 16.5 Å². The van der Waals surface area contributed by atoms with Gasteiger partial charge < -0.3 is 14.1 Å². The Morgan fingerprint density at radius 1 is 1.23 bits per heavy atom. The Hall–Kier alpha value is -2.12. The highest BCUT2D eigenvalue weighted by atomic mass is 35.5. The third kappa shape index (κ3) is 4.16. The van der Waals surface area contributed by atoms with Gasteiger partial charge in [-0.3, -0.25) is 9.69 Å². The molecule has 140 valence electrons. The molecule has 2 aromatic rings. The Morgan fingerprint density at radius 3 is 2.58 bits per heavy atom. The van der Waals surface area contributed by atoms with Crippen molar-refractivity contribution in [2.75, 3.05) is 32.8 Å². The summed E-state index contributed by atoms with van der Waals surface area (Å²) in [4.78, 5) is 25.4. The summed E-state index contributed by atoms with van der Waals surface area (Å²) in [5, 5.41) is 0.339. The number of amides is 1. The molecule has 2 aromatic heterocycles. The lowest BCUT2D eigenvalue weighted by atomic mass is 10.2. The van der Waals surface area contributed by atoms with Crippen molar-refractivity contribution in [3.8, 4) is 5.88 Å². The number of piperazine rings is 1. The minimum atomic E-state index is -0.168. The van der Waals surface area contributed by atoms with Crippen molar-refractivity contribution in [3.05, 3.63) is 40.2 Å². The molecule has 0 bridgehead atoms. The van der Waals surface area contributed by atoms with E-state index in [9.17, 15) is 4.79 Å². The second kappa shape index (κ2) is 8.05. The first-order valence-electron chi connectivity index (χ1n) is 8.71. The molecule has 0 unspecified atom stereocenters. The van der Waals surface area contributed by atoms with Crippen LogP contribution in [0.2, 0.25) is 5.02 Å². The van der Waals surface area contributed by atoms with E-state index in [0.29, 0.717) is 43.0 Å². The van der Waals surface area contributed by atoms with E-state index >= 15 is 0 Å². The fourth-order valence-electron chi connectivity index (χ4n) is 2.86. The summed E-state index contributed by atoms with van der Waals surface area (Å²) in [5.41, 5.74) is 1.16. The number of carbonyl (C=O) groups excluding carboxylic acids is 1. The van der Waals surface area contributed by atoms with Crippen molar-refractivity contribution in [1.82, 2.24) is 19.8 Å². The van der Waals surface area contributed by atoms with Crippen molar-refractivity contribution in [1.29, 1.82) is 0 Å².